The summed E-state index contributed by atoms with van der Waals surface area (Å²) in [6.45, 7) is 0. The summed E-state index contributed by atoms with van der Waals surface area (Å²) in [5.74, 6) is -4.70. The van der Waals surface area contributed by atoms with Gasteiger partial charge in [-0.1, -0.05) is 0 Å². The zero-order valence-electron chi connectivity index (χ0n) is 5.99. The summed E-state index contributed by atoms with van der Waals surface area (Å²) in [4.78, 5) is 30.9. The Morgan fingerprint density at radius 2 is 1.83 bits per heavy atom. The van der Waals surface area contributed by atoms with Gasteiger partial charge in [0.05, 0.1) is 6.10 Å². The van der Waals surface area contributed by atoms with E-state index in [1.54, 1.807) is 0 Å². The van der Waals surface area contributed by atoms with Crippen LogP contribution in [0.15, 0.2) is 0 Å². The highest BCUT2D eigenvalue weighted by Gasteiger charge is 2.23. The van der Waals surface area contributed by atoms with Gasteiger partial charge in [0.2, 0.25) is 5.78 Å². The Labute approximate surface area is 72.9 Å². The van der Waals surface area contributed by atoms with Crippen molar-refractivity contribution in [1.29, 1.82) is 0 Å². The van der Waals surface area contributed by atoms with Crippen LogP contribution in [0.2, 0.25) is 0 Å². The molecular weight excluding hydrogens is 188 g/mol. The maximum atomic E-state index is 10.6. The van der Waals surface area contributed by atoms with Crippen molar-refractivity contribution in [2.45, 2.75) is 12.5 Å². The van der Waals surface area contributed by atoms with Gasteiger partial charge in [0, 0.05) is 12.3 Å². The molecule has 0 heterocycles. The summed E-state index contributed by atoms with van der Waals surface area (Å²) in [6, 6.07) is 0. The average Bonchev–Trinajstić information content (AvgIpc) is 2.02. The molecule has 0 saturated heterocycles. The predicted molar refractivity (Wildman–Crippen MR) is 39.0 cm³/mol. The van der Waals surface area contributed by atoms with Crippen molar-refractivity contribution in [3.63, 3.8) is 0 Å². The van der Waals surface area contributed by atoms with Gasteiger partial charge in [0.1, 0.15) is 0 Å². The Morgan fingerprint density at radius 3 is 2.17 bits per heavy atom. The minimum atomic E-state index is -1.82. The monoisotopic (exact) mass is 194 g/mol. The largest absolute Gasteiger partial charge is 0.475 e. The van der Waals surface area contributed by atoms with E-state index in [9.17, 15) is 14.4 Å². The molecule has 0 aliphatic carbocycles. The first kappa shape index (κ1) is 11.1. The number of aliphatic hydroxyl groups is 1. The van der Waals surface area contributed by atoms with Gasteiger partial charge < -0.3 is 10.2 Å². The lowest BCUT2D eigenvalue weighted by Crippen LogP contribution is -2.27. The molecule has 0 amide bonds. The van der Waals surface area contributed by atoms with E-state index in [2.05, 4.69) is 0 Å². The van der Waals surface area contributed by atoms with Crippen molar-refractivity contribution in [2.75, 3.05) is 5.88 Å². The van der Waals surface area contributed by atoms with Gasteiger partial charge in [0.15, 0.2) is 0 Å². The second-order valence-electron chi connectivity index (χ2n) is 2.07. The van der Waals surface area contributed by atoms with E-state index in [1.807, 2.05) is 0 Å². The molecule has 0 radical (unpaired) electrons. The molecule has 5 nitrogen and oxygen atoms in total. The first-order valence-corrected chi connectivity index (χ1v) is 3.57. The molecule has 0 fully saturated rings. The van der Waals surface area contributed by atoms with Gasteiger partial charge in [-0.25, -0.2) is 4.79 Å². The number of alkyl halides is 1. The zero-order chi connectivity index (χ0) is 9.72. The highest BCUT2D eigenvalue weighted by atomic mass is 35.5. The van der Waals surface area contributed by atoms with Crippen LogP contribution in [0.25, 0.3) is 0 Å². The Balaban J connectivity index is 4.05. The van der Waals surface area contributed by atoms with Gasteiger partial charge in [-0.15, -0.1) is 11.6 Å². The summed E-state index contributed by atoms with van der Waals surface area (Å²) in [5, 5.41) is 16.8. The van der Waals surface area contributed by atoms with Crippen LogP contribution in [-0.4, -0.2) is 39.7 Å². The number of carbonyl (C=O) groups excluding carboxylic acids is 2. The first-order valence-electron chi connectivity index (χ1n) is 3.03. The molecule has 0 saturated carbocycles. The maximum absolute atomic E-state index is 10.6. The standard InChI is InChI=1S/C6H7ClO5/c7-2-3(8)1-4(9)5(10)6(11)12/h3,8H,1-2H2,(H,11,12). The SMILES string of the molecule is O=C(O)C(=O)C(=O)CC(O)CCl. The molecule has 0 aliphatic heterocycles. The summed E-state index contributed by atoms with van der Waals surface area (Å²) in [5.41, 5.74) is 0. The van der Waals surface area contributed by atoms with Gasteiger partial charge in [-0.05, 0) is 0 Å². The number of aliphatic hydroxyl groups excluding tert-OH is 1. The lowest BCUT2D eigenvalue weighted by atomic mass is 10.1. The molecule has 0 rings (SSSR count). The van der Waals surface area contributed by atoms with Gasteiger partial charge in [-0.3, -0.25) is 9.59 Å². The number of aliphatic carboxylic acids is 1. The predicted octanol–water partition coefficient (Wildman–Crippen LogP) is -0.801. The molecule has 6 heteroatoms. The lowest BCUT2D eigenvalue weighted by Gasteiger charge is -2.01. The highest BCUT2D eigenvalue weighted by Crippen LogP contribution is 1.96. The third kappa shape index (κ3) is 3.45. The molecular formula is C6H7ClO5. The Bertz CT molecular complexity index is 212. The summed E-state index contributed by atoms with van der Waals surface area (Å²) >= 11 is 5.12. The second-order valence-corrected chi connectivity index (χ2v) is 2.38. The van der Waals surface area contributed by atoms with Crippen molar-refractivity contribution in [3.8, 4) is 0 Å². The number of hydrogen-bond acceptors (Lipinski definition) is 4. The minimum absolute atomic E-state index is 0.210. The van der Waals surface area contributed by atoms with Gasteiger partial charge >= 0.3 is 11.8 Å². The Hall–Kier alpha value is -0.940. The topological polar surface area (TPSA) is 91.7 Å². The molecule has 0 aromatic carbocycles. The average molecular weight is 195 g/mol. The second kappa shape index (κ2) is 4.84. The number of rotatable bonds is 5. The smallest absolute Gasteiger partial charge is 0.380 e. The normalized spacial score (nSPS) is 12.2. The number of hydrogen-bond donors (Lipinski definition) is 2. The molecule has 0 aromatic heterocycles. The quantitative estimate of drug-likeness (QED) is 0.340. The number of ketones is 2. The van der Waals surface area contributed by atoms with Crippen molar-refractivity contribution in [1.82, 2.24) is 0 Å². The fourth-order valence-corrected chi connectivity index (χ4v) is 0.590. The van der Waals surface area contributed by atoms with Crippen LogP contribution in [0, 0.1) is 0 Å². The van der Waals surface area contributed by atoms with Crippen LogP contribution in [0.1, 0.15) is 6.42 Å². The van der Waals surface area contributed by atoms with E-state index in [0.29, 0.717) is 0 Å². The maximum Gasteiger partial charge on any atom is 0.380 e. The van der Waals surface area contributed by atoms with Gasteiger partial charge in [-0.2, -0.15) is 0 Å². The Morgan fingerprint density at radius 1 is 1.33 bits per heavy atom. The van der Waals surface area contributed by atoms with Crippen LogP contribution < -0.4 is 0 Å². The zero-order valence-corrected chi connectivity index (χ0v) is 6.74. The van der Waals surface area contributed by atoms with Crippen LogP contribution in [0.3, 0.4) is 0 Å². The third-order valence-corrected chi connectivity index (χ3v) is 1.40. The number of Topliss-reactive ketones (excluding diaryl/α,β-unsaturated/α-hetero) is 2. The molecule has 1 atom stereocenters. The lowest BCUT2D eigenvalue weighted by molar-refractivity contribution is -0.153. The molecule has 0 spiro atoms. The fourth-order valence-electron chi connectivity index (χ4n) is 0.481. The first-order chi connectivity index (χ1) is 5.49. The van der Waals surface area contributed by atoms with Crippen LogP contribution in [-0.2, 0) is 14.4 Å². The molecule has 0 aromatic rings. The fraction of sp³-hybridized carbons (Fsp3) is 0.500. The summed E-state index contributed by atoms with van der Waals surface area (Å²) in [6.07, 6.45) is -1.71. The molecule has 0 bridgehead atoms. The summed E-state index contributed by atoms with van der Waals surface area (Å²) in [7, 11) is 0. The Kier molecular flexibility index (Phi) is 4.46. The number of halogens is 1. The van der Waals surface area contributed by atoms with E-state index in [4.69, 9.17) is 21.8 Å². The summed E-state index contributed by atoms with van der Waals surface area (Å²) < 4.78 is 0. The molecule has 2 N–H and O–H groups in total. The molecule has 1 unspecified atom stereocenters. The number of carbonyl (C=O) groups is 3. The van der Waals surface area contributed by atoms with Crippen LogP contribution in [0.4, 0.5) is 0 Å². The molecule has 0 aliphatic rings. The van der Waals surface area contributed by atoms with E-state index >= 15 is 0 Å². The third-order valence-electron chi connectivity index (χ3n) is 1.05. The van der Waals surface area contributed by atoms with Crippen LogP contribution >= 0.6 is 11.6 Å². The molecule has 68 valence electrons. The highest BCUT2D eigenvalue weighted by molar-refractivity contribution is 6.61. The van der Waals surface area contributed by atoms with E-state index in [0.717, 1.165) is 0 Å². The van der Waals surface area contributed by atoms with Crippen molar-refractivity contribution >= 4 is 29.1 Å². The van der Waals surface area contributed by atoms with Crippen molar-refractivity contribution in [2.24, 2.45) is 0 Å². The van der Waals surface area contributed by atoms with Gasteiger partial charge in [0.25, 0.3) is 0 Å². The van der Waals surface area contributed by atoms with E-state index < -0.39 is 30.1 Å². The molecule has 12 heavy (non-hydrogen) atoms. The minimum Gasteiger partial charge on any atom is -0.475 e. The van der Waals surface area contributed by atoms with E-state index in [1.165, 1.54) is 0 Å². The van der Waals surface area contributed by atoms with Crippen molar-refractivity contribution < 1.29 is 24.6 Å². The van der Waals surface area contributed by atoms with E-state index in [-0.39, 0.29) is 5.88 Å². The number of carboxylic acids is 1. The van der Waals surface area contributed by atoms with Crippen molar-refractivity contribution in [3.05, 3.63) is 0 Å². The number of carboxylic acid groups (broad SMARTS) is 1. The van der Waals surface area contributed by atoms with Crippen LogP contribution in [0.5, 0.6) is 0 Å².